The van der Waals surface area contributed by atoms with Gasteiger partial charge in [-0.3, -0.25) is 15.1 Å². The molecule has 0 saturated heterocycles. The predicted molar refractivity (Wildman–Crippen MR) is 58.9 cm³/mol. The van der Waals surface area contributed by atoms with E-state index in [2.05, 4.69) is 10.3 Å². The Bertz CT molecular complexity index is 363. The maximum absolute atomic E-state index is 10.7. The van der Waals surface area contributed by atoms with Crippen molar-refractivity contribution >= 4 is 11.4 Å². The second kappa shape index (κ2) is 4.25. The van der Waals surface area contributed by atoms with Gasteiger partial charge in [-0.15, -0.1) is 0 Å². The van der Waals surface area contributed by atoms with Crippen molar-refractivity contribution in [3.8, 4) is 0 Å². The smallest absolute Gasteiger partial charge is 0.310 e. The molecule has 0 saturated carbocycles. The lowest BCUT2D eigenvalue weighted by Crippen LogP contribution is -2.29. The summed E-state index contributed by atoms with van der Waals surface area (Å²) in [7, 11) is 0. The quantitative estimate of drug-likeness (QED) is 0.611. The lowest BCUT2D eigenvalue weighted by Gasteiger charge is -2.25. The van der Waals surface area contributed by atoms with Crippen LogP contribution < -0.4 is 5.32 Å². The minimum absolute atomic E-state index is 0.0130. The summed E-state index contributed by atoms with van der Waals surface area (Å²) in [5, 5.41) is 13.9. The fourth-order valence-corrected chi connectivity index (χ4v) is 1.09. The van der Waals surface area contributed by atoms with Crippen molar-refractivity contribution in [2.24, 2.45) is 0 Å². The van der Waals surface area contributed by atoms with Gasteiger partial charge in [0.15, 0.2) is 0 Å². The van der Waals surface area contributed by atoms with Gasteiger partial charge in [0.05, 0.1) is 4.92 Å². The van der Waals surface area contributed by atoms with Gasteiger partial charge in [-0.05, 0) is 26.3 Å². The third-order valence-electron chi connectivity index (χ3n) is 2.35. The second-order valence-electron chi connectivity index (χ2n) is 4.01. The summed E-state index contributed by atoms with van der Waals surface area (Å²) in [4.78, 5) is 14.0. The summed E-state index contributed by atoms with van der Waals surface area (Å²) in [6.45, 7) is 6.02. The van der Waals surface area contributed by atoms with Gasteiger partial charge < -0.3 is 5.32 Å². The highest BCUT2D eigenvalue weighted by Gasteiger charge is 2.20. The number of nitro groups is 1. The van der Waals surface area contributed by atoms with Gasteiger partial charge in [0.25, 0.3) is 0 Å². The van der Waals surface area contributed by atoms with Crippen LogP contribution in [-0.2, 0) is 0 Å². The number of rotatable bonds is 4. The lowest BCUT2D eigenvalue weighted by atomic mass is 10.0. The summed E-state index contributed by atoms with van der Waals surface area (Å²) in [5.41, 5.74) is 0.368. The summed E-state index contributed by atoms with van der Waals surface area (Å²) < 4.78 is 0. The molecule has 0 bridgehead atoms. The first kappa shape index (κ1) is 11.4. The van der Waals surface area contributed by atoms with Gasteiger partial charge in [-0.25, -0.2) is 0 Å². The number of aromatic nitrogens is 1. The molecule has 5 nitrogen and oxygen atoms in total. The summed E-state index contributed by atoms with van der Waals surface area (Å²) >= 11 is 0. The molecule has 1 aromatic rings. The molecule has 0 amide bonds. The molecule has 1 aromatic heterocycles. The van der Waals surface area contributed by atoms with Gasteiger partial charge in [0.2, 0.25) is 0 Å². The summed E-state index contributed by atoms with van der Waals surface area (Å²) in [6, 6.07) is 1.62. The van der Waals surface area contributed by atoms with E-state index in [0.717, 1.165) is 6.42 Å². The average Bonchev–Trinajstić information content (AvgIpc) is 2.18. The second-order valence-corrected chi connectivity index (χ2v) is 4.01. The number of pyridine rings is 1. The van der Waals surface area contributed by atoms with Gasteiger partial charge in [-0.1, -0.05) is 6.92 Å². The molecular formula is C10H15N3O2. The highest BCUT2D eigenvalue weighted by Crippen LogP contribution is 2.26. The van der Waals surface area contributed by atoms with Gasteiger partial charge >= 0.3 is 5.69 Å². The molecule has 0 radical (unpaired) electrons. The Labute approximate surface area is 88.7 Å². The van der Waals surface area contributed by atoms with Gasteiger partial charge in [0, 0.05) is 11.7 Å². The van der Waals surface area contributed by atoms with Crippen molar-refractivity contribution in [2.45, 2.75) is 32.7 Å². The number of hydrogen-bond acceptors (Lipinski definition) is 4. The number of nitrogens with one attached hydrogen (secondary N) is 1. The highest BCUT2D eigenvalue weighted by molar-refractivity contribution is 5.60. The zero-order valence-corrected chi connectivity index (χ0v) is 9.15. The average molecular weight is 209 g/mol. The maximum Gasteiger partial charge on any atom is 0.310 e. The monoisotopic (exact) mass is 209 g/mol. The Morgan fingerprint density at radius 2 is 2.27 bits per heavy atom. The van der Waals surface area contributed by atoms with Crippen LogP contribution in [0.2, 0.25) is 0 Å². The molecule has 1 heterocycles. The molecular weight excluding hydrogens is 194 g/mol. The number of anilines is 1. The zero-order valence-electron chi connectivity index (χ0n) is 9.15. The summed E-state index contributed by atoms with van der Waals surface area (Å²) in [5.74, 6) is 0. The largest absolute Gasteiger partial charge is 0.375 e. The van der Waals surface area contributed by atoms with E-state index in [-0.39, 0.29) is 11.2 Å². The topological polar surface area (TPSA) is 68.1 Å². The van der Waals surface area contributed by atoms with Crippen LogP contribution in [0.5, 0.6) is 0 Å². The van der Waals surface area contributed by atoms with E-state index in [1.54, 1.807) is 12.3 Å². The molecule has 1 N–H and O–H groups in total. The van der Waals surface area contributed by atoms with E-state index in [1.165, 1.54) is 6.20 Å². The van der Waals surface area contributed by atoms with Gasteiger partial charge in [0.1, 0.15) is 11.9 Å². The fourth-order valence-electron chi connectivity index (χ4n) is 1.09. The van der Waals surface area contributed by atoms with E-state index < -0.39 is 4.92 Å². The van der Waals surface area contributed by atoms with Crippen molar-refractivity contribution in [3.63, 3.8) is 0 Å². The van der Waals surface area contributed by atoms with E-state index in [1.807, 2.05) is 20.8 Å². The standard InChI is InChI=1S/C10H15N3O2/c1-4-10(2,3)12-8-5-6-11-7-9(8)13(14)15/h5-7H,4H2,1-3H3,(H,11,12). The number of hydrogen-bond donors (Lipinski definition) is 1. The molecule has 0 aliphatic carbocycles. The Kier molecular flexibility index (Phi) is 3.24. The normalized spacial score (nSPS) is 11.1. The Balaban J connectivity index is 2.99. The first-order valence-electron chi connectivity index (χ1n) is 4.83. The van der Waals surface area contributed by atoms with Crippen molar-refractivity contribution in [2.75, 3.05) is 5.32 Å². The van der Waals surface area contributed by atoms with E-state index in [0.29, 0.717) is 5.69 Å². The van der Waals surface area contributed by atoms with Crippen LogP contribution in [0, 0.1) is 10.1 Å². The van der Waals surface area contributed by atoms with Crippen molar-refractivity contribution in [1.82, 2.24) is 4.98 Å². The zero-order chi connectivity index (χ0) is 11.5. The minimum atomic E-state index is -0.429. The molecule has 0 fully saturated rings. The van der Waals surface area contributed by atoms with Crippen LogP contribution >= 0.6 is 0 Å². The molecule has 0 aromatic carbocycles. The van der Waals surface area contributed by atoms with Crippen LogP contribution in [0.15, 0.2) is 18.5 Å². The molecule has 82 valence electrons. The molecule has 0 aliphatic heterocycles. The molecule has 0 aliphatic rings. The van der Waals surface area contributed by atoms with Crippen molar-refractivity contribution in [1.29, 1.82) is 0 Å². The molecule has 15 heavy (non-hydrogen) atoms. The Morgan fingerprint density at radius 3 is 2.80 bits per heavy atom. The summed E-state index contributed by atoms with van der Waals surface area (Å²) in [6.07, 6.45) is 3.68. The number of nitrogens with zero attached hydrogens (tertiary/aromatic N) is 2. The third-order valence-corrected chi connectivity index (χ3v) is 2.35. The molecule has 0 unspecified atom stereocenters. The first-order valence-corrected chi connectivity index (χ1v) is 4.83. The molecule has 5 heteroatoms. The third kappa shape index (κ3) is 2.90. The molecule has 0 atom stereocenters. The minimum Gasteiger partial charge on any atom is -0.375 e. The van der Waals surface area contributed by atoms with Gasteiger partial charge in [-0.2, -0.15) is 0 Å². The van der Waals surface area contributed by atoms with Crippen molar-refractivity contribution in [3.05, 3.63) is 28.6 Å². The Morgan fingerprint density at radius 1 is 1.60 bits per heavy atom. The van der Waals surface area contributed by atoms with E-state index in [4.69, 9.17) is 0 Å². The lowest BCUT2D eigenvalue weighted by molar-refractivity contribution is -0.384. The van der Waals surface area contributed by atoms with Crippen molar-refractivity contribution < 1.29 is 4.92 Å². The van der Waals surface area contributed by atoms with E-state index in [9.17, 15) is 10.1 Å². The SMILES string of the molecule is CCC(C)(C)Nc1ccncc1[N+](=O)[O-]. The predicted octanol–water partition coefficient (Wildman–Crippen LogP) is 2.59. The first-order chi connectivity index (χ1) is 6.96. The molecule has 1 rings (SSSR count). The van der Waals surface area contributed by atoms with Crippen LogP contribution in [0.4, 0.5) is 11.4 Å². The maximum atomic E-state index is 10.7. The van der Waals surface area contributed by atoms with E-state index >= 15 is 0 Å². The molecule has 0 spiro atoms. The van der Waals surface area contributed by atoms with Crippen LogP contribution in [0.3, 0.4) is 0 Å². The highest BCUT2D eigenvalue weighted by atomic mass is 16.6. The van der Waals surface area contributed by atoms with Crippen LogP contribution in [0.1, 0.15) is 27.2 Å². The van der Waals surface area contributed by atoms with Crippen LogP contribution in [-0.4, -0.2) is 15.4 Å². The fraction of sp³-hybridized carbons (Fsp3) is 0.500. The van der Waals surface area contributed by atoms with Crippen LogP contribution in [0.25, 0.3) is 0 Å². The Hall–Kier alpha value is -1.65.